The number of amides is 2. The fraction of sp³-hybridized carbons (Fsp3) is 0.600. The van der Waals surface area contributed by atoms with Crippen LogP contribution >= 0.6 is 0 Å². The van der Waals surface area contributed by atoms with Crippen molar-refractivity contribution in [3.05, 3.63) is 29.8 Å². The lowest BCUT2D eigenvalue weighted by molar-refractivity contribution is -0.139. The Hall–Kier alpha value is -2.04. The minimum Gasteiger partial charge on any atom is -0.383 e. The van der Waals surface area contributed by atoms with Crippen LogP contribution in [0.2, 0.25) is 0 Å². The average molecular weight is 345 g/mol. The number of hydrogen-bond donors (Lipinski definition) is 1. The zero-order valence-corrected chi connectivity index (χ0v) is 16.1. The number of nitrogens with one attached hydrogen (secondary N) is 1. The van der Waals surface area contributed by atoms with Crippen LogP contribution in [-0.4, -0.2) is 53.8 Å². The molecule has 1 heterocycles. The first kappa shape index (κ1) is 19.3. The highest BCUT2D eigenvalue weighted by Gasteiger charge is 2.29. The summed E-state index contributed by atoms with van der Waals surface area (Å²) in [6.07, 6.45) is 0.817. The number of carbonyl (C=O) groups excluding carboxylic acids is 2. The molecular weight excluding hydrogens is 314 g/mol. The highest BCUT2D eigenvalue weighted by molar-refractivity contribution is 5.95. The monoisotopic (exact) mass is 345 g/mol. The Labute approximate surface area is 151 Å². The van der Waals surface area contributed by atoms with Crippen LogP contribution in [-0.2, 0) is 4.79 Å². The highest BCUT2D eigenvalue weighted by atomic mass is 16.2. The van der Waals surface area contributed by atoms with E-state index in [2.05, 4.69) is 19.2 Å². The second-order valence-electron chi connectivity index (χ2n) is 8.07. The largest absolute Gasteiger partial charge is 0.383 e. The summed E-state index contributed by atoms with van der Waals surface area (Å²) in [5, 5.41) is 3.33. The predicted octanol–water partition coefficient (Wildman–Crippen LogP) is 3.23. The van der Waals surface area contributed by atoms with Gasteiger partial charge in [0.2, 0.25) is 5.91 Å². The molecule has 25 heavy (non-hydrogen) atoms. The van der Waals surface area contributed by atoms with Crippen molar-refractivity contribution < 1.29 is 9.59 Å². The Kier molecular flexibility index (Phi) is 6.09. The van der Waals surface area contributed by atoms with E-state index in [1.165, 1.54) is 0 Å². The van der Waals surface area contributed by atoms with E-state index in [4.69, 9.17) is 0 Å². The molecule has 1 N–H and O–H groups in total. The van der Waals surface area contributed by atoms with Gasteiger partial charge >= 0.3 is 0 Å². The molecule has 1 aromatic carbocycles. The Balaban J connectivity index is 2.05. The minimum absolute atomic E-state index is 0.0393. The lowest BCUT2D eigenvalue weighted by Gasteiger charge is -2.28. The molecule has 138 valence electrons. The molecular formula is C20H31N3O2. The normalized spacial score (nSPS) is 15.9. The molecule has 0 saturated carbocycles. The van der Waals surface area contributed by atoms with E-state index in [0.29, 0.717) is 31.2 Å². The van der Waals surface area contributed by atoms with E-state index in [-0.39, 0.29) is 17.2 Å². The van der Waals surface area contributed by atoms with E-state index in [9.17, 15) is 9.59 Å². The summed E-state index contributed by atoms with van der Waals surface area (Å²) < 4.78 is 0. The fourth-order valence-electron chi connectivity index (χ4n) is 3.06. The second kappa shape index (κ2) is 7.89. The van der Waals surface area contributed by atoms with Gasteiger partial charge in [0, 0.05) is 48.9 Å². The molecule has 5 nitrogen and oxygen atoms in total. The molecule has 1 aliphatic heterocycles. The van der Waals surface area contributed by atoms with Crippen molar-refractivity contribution >= 4 is 17.5 Å². The van der Waals surface area contributed by atoms with Crippen LogP contribution in [0, 0.1) is 5.41 Å². The SMILES string of the molecule is CC(C)Nc1cccc(C(=O)N2CCCN(C(=O)C(C)(C)C)CC2)c1. The van der Waals surface area contributed by atoms with Gasteiger partial charge in [0.15, 0.2) is 0 Å². The van der Waals surface area contributed by atoms with Crippen LogP contribution in [0.3, 0.4) is 0 Å². The lowest BCUT2D eigenvalue weighted by Crippen LogP contribution is -2.42. The summed E-state index contributed by atoms with van der Waals surface area (Å²) in [5.41, 5.74) is 1.28. The molecule has 1 aliphatic rings. The number of benzene rings is 1. The molecule has 0 bridgehead atoms. The molecule has 2 rings (SSSR count). The number of anilines is 1. The third kappa shape index (κ3) is 5.21. The van der Waals surface area contributed by atoms with Crippen molar-refractivity contribution in [3.63, 3.8) is 0 Å². The molecule has 1 aromatic rings. The summed E-state index contributed by atoms with van der Waals surface area (Å²) in [4.78, 5) is 29.1. The van der Waals surface area contributed by atoms with Gasteiger partial charge < -0.3 is 15.1 Å². The molecule has 0 aromatic heterocycles. The third-order valence-corrected chi connectivity index (χ3v) is 4.28. The molecule has 0 spiro atoms. The van der Waals surface area contributed by atoms with E-state index >= 15 is 0 Å². The third-order valence-electron chi connectivity index (χ3n) is 4.28. The van der Waals surface area contributed by atoms with Crippen LogP contribution in [0.4, 0.5) is 5.69 Å². The molecule has 1 fully saturated rings. The van der Waals surface area contributed by atoms with Crippen LogP contribution in [0.1, 0.15) is 51.4 Å². The smallest absolute Gasteiger partial charge is 0.253 e. The molecule has 2 amide bonds. The first-order valence-corrected chi connectivity index (χ1v) is 9.14. The maximum atomic E-state index is 12.9. The standard InChI is InChI=1S/C20H31N3O2/c1-15(2)21-17-9-6-8-16(14-17)18(24)22-10-7-11-23(13-12-22)19(25)20(3,4)5/h6,8-9,14-15,21H,7,10-13H2,1-5H3. The lowest BCUT2D eigenvalue weighted by atomic mass is 9.94. The van der Waals surface area contributed by atoms with Crippen molar-refractivity contribution in [2.75, 3.05) is 31.5 Å². The van der Waals surface area contributed by atoms with E-state index in [1.54, 1.807) is 0 Å². The fourth-order valence-corrected chi connectivity index (χ4v) is 3.06. The molecule has 1 saturated heterocycles. The quantitative estimate of drug-likeness (QED) is 0.915. The van der Waals surface area contributed by atoms with Gasteiger partial charge in [-0.05, 0) is 38.5 Å². The van der Waals surface area contributed by atoms with Crippen molar-refractivity contribution in [2.24, 2.45) is 5.41 Å². The van der Waals surface area contributed by atoms with Gasteiger partial charge in [-0.1, -0.05) is 26.8 Å². The second-order valence-corrected chi connectivity index (χ2v) is 8.07. The van der Waals surface area contributed by atoms with Crippen molar-refractivity contribution in [1.82, 2.24) is 9.80 Å². The van der Waals surface area contributed by atoms with Crippen LogP contribution in [0.15, 0.2) is 24.3 Å². The summed E-state index contributed by atoms with van der Waals surface area (Å²) in [6, 6.07) is 7.97. The van der Waals surface area contributed by atoms with Gasteiger partial charge in [-0.3, -0.25) is 9.59 Å². The Morgan fingerprint density at radius 1 is 1.04 bits per heavy atom. The first-order chi connectivity index (χ1) is 11.7. The maximum Gasteiger partial charge on any atom is 0.253 e. The number of carbonyl (C=O) groups is 2. The predicted molar refractivity (Wildman–Crippen MR) is 102 cm³/mol. The number of hydrogen-bond acceptors (Lipinski definition) is 3. The van der Waals surface area contributed by atoms with Crippen molar-refractivity contribution in [3.8, 4) is 0 Å². The Morgan fingerprint density at radius 3 is 2.32 bits per heavy atom. The van der Waals surface area contributed by atoms with Gasteiger partial charge in [-0.15, -0.1) is 0 Å². The van der Waals surface area contributed by atoms with Crippen LogP contribution < -0.4 is 5.32 Å². The molecule has 0 radical (unpaired) electrons. The first-order valence-electron chi connectivity index (χ1n) is 9.14. The minimum atomic E-state index is -0.379. The van der Waals surface area contributed by atoms with Crippen LogP contribution in [0.5, 0.6) is 0 Å². The van der Waals surface area contributed by atoms with Crippen LogP contribution in [0.25, 0.3) is 0 Å². The summed E-state index contributed by atoms with van der Waals surface area (Å²) in [6.45, 7) is 12.6. The number of nitrogens with zero attached hydrogens (tertiary/aromatic N) is 2. The van der Waals surface area contributed by atoms with Gasteiger partial charge in [-0.2, -0.15) is 0 Å². The molecule has 5 heteroatoms. The van der Waals surface area contributed by atoms with E-state index in [0.717, 1.165) is 18.7 Å². The van der Waals surface area contributed by atoms with Crippen molar-refractivity contribution in [1.29, 1.82) is 0 Å². The topological polar surface area (TPSA) is 52.7 Å². The zero-order chi connectivity index (χ0) is 18.6. The van der Waals surface area contributed by atoms with E-state index < -0.39 is 0 Å². The van der Waals surface area contributed by atoms with Gasteiger partial charge in [0.1, 0.15) is 0 Å². The average Bonchev–Trinajstić information content (AvgIpc) is 2.78. The summed E-state index contributed by atoms with van der Waals surface area (Å²) in [5.74, 6) is 0.197. The number of rotatable bonds is 3. The van der Waals surface area contributed by atoms with Gasteiger partial charge in [0.25, 0.3) is 5.91 Å². The zero-order valence-electron chi connectivity index (χ0n) is 16.1. The highest BCUT2D eigenvalue weighted by Crippen LogP contribution is 2.20. The summed E-state index contributed by atoms with van der Waals surface area (Å²) in [7, 11) is 0. The van der Waals surface area contributed by atoms with Gasteiger partial charge in [0.05, 0.1) is 0 Å². The van der Waals surface area contributed by atoms with Crippen molar-refractivity contribution in [2.45, 2.75) is 47.1 Å². The molecule has 0 atom stereocenters. The Bertz CT molecular complexity index is 620. The van der Waals surface area contributed by atoms with Gasteiger partial charge in [-0.25, -0.2) is 0 Å². The maximum absolute atomic E-state index is 12.9. The Morgan fingerprint density at radius 2 is 1.68 bits per heavy atom. The summed E-state index contributed by atoms with van der Waals surface area (Å²) >= 11 is 0. The molecule has 0 unspecified atom stereocenters. The molecule has 0 aliphatic carbocycles. The van der Waals surface area contributed by atoms with E-state index in [1.807, 2.05) is 54.8 Å².